The molecule has 0 spiro atoms. The number of halogens is 1. The molecule has 96 valence electrons. The molecule has 0 aliphatic carbocycles. The van der Waals surface area contributed by atoms with E-state index in [2.05, 4.69) is 45.3 Å². The monoisotopic (exact) mass is 308 g/mol. The summed E-state index contributed by atoms with van der Waals surface area (Å²) in [5, 5.41) is 4.73. The fraction of sp³-hybridized carbons (Fsp3) is 0.429. The van der Waals surface area contributed by atoms with Crippen LogP contribution in [0.25, 0.3) is 10.9 Å². The number of rotatable bonds is 2. The first-order chi connectivity index (χ1) is 8.70. The maximum atomic E-state index is 5.47. The number of nitrogens with one attached hydrogen (secondary N) is 2. The summed E-state index contributed by atoms with van der Waals surface area (Å²) in [6.45, 7) is 3.19. The molecule has 0 radical (unpaired) electrons. The topological polar surface area (TPSA) is 37.0 Å². The van der Waals surface area contributed by atoms with E-state index in [1.165, 1.54) is 34.0 Å². The summed E-state index contributed by atoms with van der Waals surface area (Å²) in [7, 11) is 1.72. The van der Waals surface area contributed by atoms with Gasteiger partial charge in [0.25, 0.3) is 0 Å². The van der Waals surface area contributed by atoms with Gasteiger partial charge in [-0.2, -0.15) is 0 Å². The highest BCUT2D eigenvalue weighted by Gasteiger charge is 2.23. The summed E-state index contributed by atoms with van der Waals surface area (Å²) >= 11 is 3.73. The number of ether oxygens (including phenoxy) is 1. The van der Waals surface area contributed by atoms with E-state index in [-0.39, 0.29) is 0 Å². The fourth-order valence-electron chi connectivity index (χ4n) is 2.72. The lowest BCUT2D eigenvalue weighted by Gasteiger charge is -2.08. The van der Waals surface area contributed by atoms with Crippen molar-refractivity contribution in [2.75, 3.05) is 13.7 Å². The molecule has 2 heterocycles. The van der Waals surface area contributed by atoms with E-state index in [0.29, 0.717) is 6.04 Å². The lowest BCUT2D eigenvalue weighted by Crippen LogP contribution is -2.13. The summed E-state index contributed by atoms with van der Waals surface area (Å²) < 4.78 is 6.63. The highest BCUT2D eigenvalue weighted by Crippen LogP contribution is 2.38. The van der Waals surface area contributed by atoms with Crippen LogP contribution in [-0.4, -0.2) is 18.6 Å². The molecule has 2 aromatic rings. The fourth-order valence-corrected chi connectivity index (χ4v) is 3.41. The van der Waals surface area contributed by atoms with Crippen LogP contribution in [0, 0.1) is 6.92 Å². The van der Waals surface area contributed by atoms with E-state index in [0.717, 1.165) is 17.8 Å². The van der Waals surface area contributed by atoms with Gasteiger partial charge in [-0.1, -0.05) is 0 Å². The maximum Gasteiger partial charge on any atom is 0.143 e. The van der Waals surface area contributed by atoms with Gasteiger partial charge in [0.1, 0.15) is 5.75 Å². The normalized spacial score (nSPS) is 19.6. The van der Waals surface area contributed by atoms with E-state index < -0.39 is 0 Å². The SMILES string of the molecule is COc1cc(C)cc2c(Br)c(C3CCCN3)[nH]c12. The van der Waals surface area contributed by atoms with Crippen molar-refractivity contribution in [3.63, 3.8) is 0 Å². The Labute approximate surface area is 115 Å². The quantitative estimate of drug-likeness (QED) is 0.888. The number of hydrogen-bond donors (Lipinski definition) is 2. The van der Waals surface area contributed by atoms with Crippen LogP contribution in [0.4, 0.5) is 0 Å². The molecule has 3 nitrogen and oxygen atoms in total. The van der Waals surface area contributed by atoms with Crippen molar-refractivity contribution >= 4 is 26.8 Å². The molecule has 0 amide bonds. The molecule has 0 bridgehead atoms. The zero-order valence-corrected chi connectivity index (χ0v) is 12.2. The minimum absolute atomic E-state index is 0.428. The van der Waals surface area contributed by atoms with Crippen LogP contribution in [0.3, 0.4) is 0 Å². The summed E-state index contributed by atoms with van der Waals surface area (Å²) in [5.41, 5.74) is 3.54. The predicted molar refractivity (Wildman–Crippen MR) is 77.3 cm³/mol. The third-order valence-electron chi connectivity index (χ3n) is 3.61. The summed E-state index contributed by atoms with van der Waals surface area (Å²) in [4.78, 5) is 3.52. The van der Waals surface area contributed by atoms with Crippen LogP contribution in [0.5, 0.6) is 5.75 Å². The zero-order valence-electron chi connectivity index (χ0n) is 10.6. The van der Waals surface area contributed by atoms with Gasteiger partial charge in [-0.25, -0.2) is 0 Å². The summed E-state index contributed by atoms with van der Waals surface area (Å²) in [6.07, 6.45) is 2.43. The Hall–Kier alpha value is -1.00. The smallest absolute Gasteiger partial charge is 0.143 e. The van der Waals surface area contributed by atoms with Crippen LogP contribution in [-0.2, 0) is 0 Å². The number of aromatic nitrogens is 1. The zero-order chi connectivity index (χ0) is 12.7. The van der Waals surface area contributed by atoms with Crippen LogP contribution in [0.1, 0.15) is 30.1 Å². The molecule has 18 heavy (non-hydrogen) atoms. The number of aryl methyl sites for hydroxylation is 1. The minimum atomic E-state index is 0.428. The van der Waals surface area contributed by atoms with E-state index in [1.807, 2.05) is 0 Å². The van der Waals surface area contributed by atoms with Crippen LogP contribution >= 0.6 is 15.9 Å². The Morgan fingerprint density at radius 2 is 2.22 bits per heavy atom. The Kier molecular flexibility index (Phi) is 3.08. The summed E-state index contributed by atoms with van der Waals surface area (Å²) in [6, 6.07) is 4.69. The first kappa shape index (κ1) is 12.1. The van der Waals surface area contributed by atoms with Gasteiger partial charge in [-0.05, 0) is 59.9 Å². The molecular weight excluding hydrogens is 292 g/mol. The second kappa shape index (κ2) is 4.59. The molecule has 1 aliphatic heterocycles. The summed E-state index contributed by atoms with van der Waals surface area (Å²) in [5.74, 6) is 0.912. The molecule has 4 heteroatoms. The number of aromatic amines is 1. The van der Waals surface area contributed by atoms with Gasteiger partial charge in [-0.3, -0.25) is 0 Å². The molecule has 1 atom stereocenters. The molecule has 1 fully saturated rings. The van der Waals surface area contributed by atoms with Crippen LogP contribution < -0.4 is 10.1 Å². The van der Waals surface area contributed by atoms with Gasteiger partial charge in [0.15, 0.2) is 0 Å². The van der Waals surface area contributed by atoms with Crippen molar-refractivity contribution < 1.29 is 4.74 Å². The van der Waals surface area contributed by atoms with Crippen molar-refractivity contribution in [2.45, 2.75) is 25.8 Å². The van der Waals surface area contributed by atoms with Gasteiger partial charge >= 0.3 is 0 Å². The molecule has 1 unspecified atom stereocenters. The number of benzene rings is 1. The predicted octanol–water partition coefficient (Wildman–Crippen LogP) is 3.67. The maximum absolute atomic E-state index is 5.47. The number of H-pyrrole nitrogens is 1. The largest absolute Gasteiger partial charge is 0.495 e. The second-order valence-electron chi connectivity index (χ2n) is 4.89. The Morgan fingerprint density at radius 3 is 2.89 bits per heavy atom. The highest BCUT2D eigenvalue weighted by atomic mass is 79.9. The Bertz CT molecular complexity index is 585. The second-order valence-corrected chi connectivity index (χ2v) is 5.68. The average Bonchev–Trinajstić information content (AvgIpc) is 2.97. The lowest BCUT2D eigenvalue weighted by molar-refractivity contribution is 0.418. The van der Waals surface area contributed by atoms with Gasteiger partial charge in [0.2, 0.25) is 0 Å². The molecule has 1 aliphatic rings. The van der Waals surface area contributed by atoms with Gasteiger partial charge in [0, 0.05) is 21.6 Å². The van der Waals surface area contributed by atoms with E-state index in [4.69, 9.17) is 4.74 Å². The number of methoxy groups -OCH3 is 1. The van der Waals surface area contributed by atoms with E-state index in [1.54, 1.807) is 7.11 Å². The van der Waals surface area contributed by atoms with Crippen LogP contribution in [0.15, 0.2) is 16.6 Å². The third-order valence-corrected chi connectivity index (χ3v) is 4.46. The molecule has 0 saturated carbocycles. The van der Waals surface area contributed by atoms with E-state index in [9.17, 15) is 0 Å². The van der Waals surface area contributed by atoms with Gasteiger partial charge in [-0.15, -0.1) is 0 Å². The molecule has 1 aromatic carbocycles. The standard InChI is InChI=1S/C14H17BrN2O/c1-8-6-9-12(15)14(10-4-3-5-16-10)17-13(9)11(7-8)18-2/h6-7,10,16-17H,3-5H2,1-2H3. The Morgan fingerprint density at radius 1 is 1.39 bits per heavy atom. The lowest BCUT2D eigenvalue weighted by atomic mass is 10.1. The highest BCUT2D eigenvalue weighted by molar-refractivity contribution is 9.10. The van der Waals surface area contributed by atoms with Gasteiger partial charge in [0.05, 0.1) is 12.6 Å². The minimum Gasteiger partial charge on any atom is -0.495 e. The first-order valence-electron chi connectivity index (χ1n) is 6.30. The van der Waals surface area contributed by atoms with Crippen molar-refractivity contribution in [1.29, 1.82) is 0 Å². The molecule has 1 saturated heterocycles. The number of hydrogen-bond acceptors (Lipinski definition) is 2. The van der Waals surface area contributed by atoms with Gasteiger partial charge < -0.3 is 15.0 Å². The average molecular weight is 309 g/mol. The molecule has 3 rings (SSSR count). The number of fused-ring (bicyclic) bond motifs is 1. The first-order valence-corrected chi connectivity index (χ1v) is 7.09. The Balaban J connectivity index is 2.20. The van der Waals surface area contributed by atoms with Crippen molar-refractivity contribution in [3.8, 4) is 5.75 Å². The van der Waals surface area contributed by atoms with Crippen LogP contribution in [0.2, 0.25) is 0 Å². The van der Waals surface area contributed by atoms with Crippen molar-refractivity contribution in [2.24, 2.45) is 0 Å². The third kappa shape index (κ3) is 1.84. The molecule has 2 N–H and O–H groups in total. The van der Waals surface area contributed by atoms with Crippen molar-refractivity contribution in [1.82, 2.24) is 10.3 Å². The van der Waals surface area contributed by atoms with Crippen molar-refractivity contribution in [3.05, 3.63) is 27.9 Å². The molecular formula is C14H17BrN2O. The van der Waals surface area contributed by atoms with E-state index >= 15 is 0 Å². The molecule has 1 aromatic heterocycles.